The molecule has 0 aliphatic carbocycles. The molecular weight excluding hydrogens is 310 g/mol. The number of nitrogens with two attached hydrogens (primary N) is 1. The van der Waals surface area contributed by atoms with Crippen molar-refractivity contribution in [2.45, 2.75) is 30.7 Å². The van der Waals surface area contributed by atoms with Crippen LogP contribution in [0, 0.1) is 6.92 Å². The van der Waals surface area contributed by atoms with E-state index >= 15 is 0 Å². The van der Waals surface area contributed by atoms with Crippen LogP contribution >= 0.6 is 12.2 Å². The van der Waals surface area contributed by atoms with Crippen molar-refractivity contribution in [1.82, 2.24) is 10.0 Å². The van der Waals surface area contributed by atoms with E-state index in [1.54, 1.807) is 19.1 Å². The number of rotatable bonds is 4. The lowest BCUT2D eigenvalue weighted by Crippen LogP contribution is -2.50. The van der Waals surface area contributed by atoms with Gasteiger partial charge in [-0.3, -0.25) is 4.79 Å². The van der Waals surface area contributed by atoms with Gasteiger partial charge in [0.05, 0.1) is 4.90 Å². The van der Waals surface area contributed by atoms with Crippen LogP contribution in [0.3, 0.4) is 0 Å². The first-order valence-electron chi connectivity index (χ1n) is 6.52. The van der Waals surface area contributed by atoms with Gasteiger partial charge in [-0.2, -0.15) is 4.72 Å². The zero-order valence-corrected chi connectivity index (χ0v) is 13.2. The van der Waals surface area contributed by atoms with Gasteiger partial charge < -0.3 is 11.1 Å². The predicted molar refractivity (Wildman–Crippen MR) is 83.4 cm³/mol. The summed E-state index contributed by atoms with van der Waals surface area (Å²) in [4.78, 5) is 11.9. The Morgan fingerprint density at radius 3 is 2.81 bits per heavy atom. The summed E-state index contributed by atoms with van der Waals surface area (Å²) >= 11 is 4.87. The van der Waals surface area contributed by atoms with Crippen molar-refractivity contribution >= 4 is 33.1 Å². The Kier molecular flexibility index (Phi) is 4.60. The molecule has 1 amide bonds. The van der Waals surface area contributed by atoms with Gasteiger partial charge >= 0.3 is 0 Å². The van der Waals surface area contributed by atoms with Crippen LogP contribution in [0.1, 0.15) is 24.0 Å². The molecule has 1 aliphatic rings. The minimum absolute atomic E-state index is 0.0890. The van der Waals surface area contributed by atoms with Crippen molar-refractivity contribution in [2.75, 3.05) is 6.54 Å². The molecule has 2 rings (SSSR count). The van der Waals surface area contributed by atoms with Crippen LogP contribution in [0.25, 0.3) is 0 Å². The Hall–Kier alpha value is -1.51. The zero-order chi connectivity index (χ0) is 15.6. The number of hydrogen-bond acceptors (Lipinski definition) is 4. The van der Waals surface area contributed by atoms with Gasteiger partial charge in [0.25, 0.3) is 0 Å². The maximum Gasteiger partial charge on any atom is 0.241 e. The molecule has 1 aromatic carbocycles. The number of benzene rings is 1. The highest BCUT2D eigenvalue weighted by atomic mass is 32.2. The van der Waals surface area contributed by atoms with Crippen LogP contribution < -0.4 is 15.8 Å². The monoisotopic (exact) mass is 327 g/mol. The third-order valence-corrected chi connectivity index (χ3v) is 5.19. The summed E-state index contributed by atoms with van der Waals surface area (Å²) in [6, 6.07) is 4.01. The van der Waals surface area contributed by atoms with Gasteiger partial charge in [0.2, 0.25) is 15.9 Å². The maximum absolute atomic E-state index is 12.5. The van der Waals surface area contributed by atoms with E-state index in [1.165, 1.54) is 6.07 Å². The first-order valence-corrected chi connectivity index (χ1v) is 8.41. The standard InChI is InChI=1S/C13H17N3O3S2/c1-8-4-5-9(12(14)20)7-11(8)21(18,19)16-10-3-2-6-15-13(10)17/h4-5,7,10,16H,2-3,6H2,1H3,(H2,14,20)(H,15,17). The number of thiocarbonyl (C=S) groups is 1. The fourth-order valence-electron chi connectivity index (χ4n) is 2.18. The fraction of sp³-hybridized carbons (Fsp3) is 0.385. The summed E-state index contributed by atoms with van der Waals surface area (Å²) in [7, 11) is -3.81. The largest absolute Gasteiger partial charge is 0.389 e. The molecule has 0 saturated carbocycles. The van der Waals surface area contributed by atoms with Crippen LogP contribution in [0.2, 0.25) is 0 Å². The normalized spacial score (nSPS) is 19.1. The molecule has 0 radical (unpaired) electrons. The molecule has 4 N–H and O–H groups in total. The molecule has 1 aromatic rings. The molecule has 0 spiro atoms. The van der Waals surface area contributed by atoms with Crippen molar-refractivity contribution in [3.63, 3.8) is 0 Å². The van der Waals surface area contributed by atoms with Gasteiger partial charge in [-0.1, -0.05) is 24.4 Å². The Bertz CT molecular complexity index is 686. The molecule has 1 unspecified atom stereocenters. The van der Waals surface area contributed by atoms with Gasteiger partial charge in [0, 0.05) is 12.1 Å². The molecule has 0 bridgehead atoms. The van der Waals surface area contributed by atoms with Crippen molar-refractivity contribution < 1.29 is 13.2 Å². The number of hydrogen-bond donors (Lipinski definition) is 3. The molecule has 8 heteroatoms. The number of aryl methyl sites for hydroxylation is 1. The summed E-state index contributed by atoms with van der Waals surface area (Å²) in [5, 5.41) is 2.64. The third-order valence-electron chi connectivity index (χ3n) is 3.34. The van der Waals surface area contributed by atoms with E-state index in [0.29, 0.717) is 24.1 Å². The highest BCUT2D eigenvalue weighted by molar-refractivity contribution is 7.89. The number of carbonyl (C=O) groups is 1. The number of carbonyl (C=O) groups excluding carboxylic acids is 1. The zero-order valence-electron chi connectivity index (χ0n) is 11.5. The van der Waals surface area contributed by atoms with Crippen molar-refractivity contribution in [1.29, 1.82) is 0 Å². The number of sulfonamides is 1. The molecule has 6 nitrogen and oxygen atoms in total. The first kappa shape index (κ1) is 15.9. The van der Waals surface area contributed by atoms with Crippen LogP contribution in [0.15, 0.2) is 23.1 Å². The minimum Gasteiger partial charge on any atom is -0.389 e. The van der Waals surface area contributed by atoms with Crippen LogP contribution in [0.5, 0.6) is 0 Å². The average Bonchev–Trinajstić information content (AvgIpc) is 2.41. The topological polar surface area (TPSA) is 101 Å². The van der Waals surface area contributed by atoms with Gasteiger partial charge in [-0.25, -0.2) is 8.42 Å². The average molecular weight is 327 g/mol. The number of amides is 1. The molecule has 114 valence electrons. The van der Waals surface area contributed by atoms with Crippen molar-refractivity contribution in [3.8, 4) is 0 Å². The molecule has 21 heavy (non-hydrogen) atoms. The van der Waals surface area contributed by atoms with Gasteiger partial charge in [-0.15, -0.1) is 0 Å². The summed E-state index contributed by atoms with van der Waals surface area (Å²) < 4.78 is 27.4. The van der Waals surface area contributed by atoms with E-state index in [0.717, 1.165) is 6.42 Å². The van der Waals surface area contributed by atoms with Crippen LogP contribution in [-0.4, -0.2) is 31.9 Å². The summed E-state index contributed by atoms with van der Waals surface area (Å²) in [6.07, 6.45) is 1.23. The molecular formula is C13H17N3O3S2. The van der Waals surface area contributed by atoms with E-state index in [-0.39, 0.29) is 15.8 Å². The van der Waals surface area contributed by atoms with Crippen molar-refractivity contribution in [3.05, 3.63) is 29.3 Å². The number of piperidine rings is 1. The fourth-order valence-corrected chi connectivity index (χ4v) is 3.81. The molecule has 1 aliphatic heterocycles. The van der Waals surface area contributed by atoms with Crippen molar-refractivity contribution in [2.24, 2.45) is 5.73 Å². The highest BCUT2D eigenvalue weighted by Crippen LogP contribution is 2.18. The van der Waals surface area contributed by atoms with E-state index in [2.05, 4.69) is 10.0 Å². The predicted octanol–water partition coefficient (Wildman–Crippen LogP) is 0.186. The Morgan fingerprint density at radius 2 is 2.19 bits per heavy atom. The smallest absolute Gasteiger partial charge is 0.241 e. The van der Waals surface area contributed by atoms with E-state index in [9.17, 15) is 13.2 Å². The molecule has 0 aromatic heterocycles. The van der Waals surface area contributed by atoms with E-state index in [1.807, 2.05) is 0 Å². The van der Waals surface area contributed by atoms with Gasteiger partial charge in [0.1, 0.15) is 11.0 Å². The number of nitrogens with one attached hydrogen (secondary N) is 2. The summed E-state index contributed by atoms with van der Waals surface area (Å²) in [5.74, 6) is -0.298. The molecule has 1 heterocycles. The van der Waals surface area contributed by atoms with E-state index in [4.69, 9.17) is 18.0 Å². The molecule has 1 saturated heterocycles. The minimum atomic E-state index is -3.81. The van der Waals surface area contributed by atoms with E-state index < -0.39 is 16.1 Å². The lowest BCUT2D eigenvalue weighted by molar-refractivity contribution is -0.124. The lowest BCUT2D eigenvalue weighted by Gasteiger charge is -2.23. The van der Waals surface area contributed by atoms with Gasteiger partial charge in [0.15, 0.2) is 0 Å². The Morgan fingerprint density at radius 1 is 1.48 bits per heavy atom. The molecule has 1 fully saturated rings. The lowest BCUT2D eigenvalue weighted by atomic mass is 10.1. The van der Waals surface area contributed by atoms with Gasteiger partial charge in [-0.05, 0) is 31.4 Å². The maximum atomic E-state index is 12.5. The quantitative estimate of drug-likeness (QED) is 0.685. The second-order valence-corrected chi connectivity index (χ2v) is 7.07. The Labute approximate surface area is 129 Å². The van der Waals surface area contributed by atoms with Crippen LogP contribution in [-0.2, 0) is 14.8 Å². The summed E-state index contributed by atoms with van der Waals surface area (Å²) in [5.41, 5.74) is 6.58. The second-order valence-electron chi connectivity index (χ2n) is 4.95. The summed E-state index contributed by atoms with van der Waals surface area (Å²) in [6.45, 7) is 2.26. The highest BCUT2D eigenvalue weighted by Gasteiger charge is 2.28. The third kappa shape index (κ3) is 3.58. The second kappa shape index (κ2) is 6.08. The van der Waals surface area contributed by atoms with Crippen LogP contribution in [0.4, 0.5) is 0 Å². The Balaban J connectivity index is 2.32. The first-order chi connectivity index (χ1) is 9.81. The molecule has 1 atom stereocenters. The SMILES string of the molecule is Cc1ccc(C(N)=S)cc1S(=O)(=O)NC1CCCNC1=O.